The molecule has 0 aliphatic rings. The molecular weight excluding hydrogens is 334 g/mol. The molecule has 0 bridgehead atoms. The minimum Gasteiger partial charge on any atom is -0.386 e. The summed E-state index contributed by atoms with van der Waals surface area (Å²) in [5.41, 5.74) is 1.91. The number of aryl methyl sites for hydroxylation is 1. The standard InChI is InChI=1S/C16H14ClN3O4/c1-11-5-6-15(14(17)7-11)19-16(21)10-24-18-9-12-3-2-4-13(8-12)20(22)23/h2-9H,10H2,1H3,(H,19,21)/b18-9-. The third-order valence-electron chi connectivity index (χ3n) is 2.95. The Kier molecular flexibility index (Phi) is 5.86. The first-order valence-corrected chi connectivity index (χ1v) is 7.29. The molecule has 0 saturated heterocycles. The zero-order valence-corrected chi connectivity index (χ0v) is 13.5. The number of anilines is 1. The van der Waals surface area contributed by atoms with E-state index in [0.717, 1.165) is 5.56 Å². The summed E-state index contributed by atoms with van der Waals surface area (Å²) in [7, 11) is 0. The van der Waals surface area contributed by atoms with Crippen molar-refractivity contribution < 1.29 is 14.6 Å². The molecule has 2 aromatic rings. The van der Waals surface area contributed by atoms with Gasteiger partial charge in [-0.15, -0.1) is 0 Å². The minimum atomic E-state index is -0.503. The summed E-state index contributed by atoms with van der Waals surface area (Å²) in [6.45, 7) is 1.58. The van der Waals surface area contributed by atoms with Crippen molar-refractivity contribution in [2.75, 3.05) is 11.9 Å². The number of amides is 1. The SMILES string of the molecule is Cc1ccc(NC(=O)CO/N=C\c2cccc([N+](=O)[O-])c2)c(Cl)c1. The fraction of sp³-hybridized carbons (Fsp3) is 0.125. The summed E-state index contributed by atoms with van der Waals surface area (Å²) >= 11 is 6.02. The van der Waals surface area contributed by atoms with E-state index in [1.54, 1.807) is 18.2 Å². The first-order valence-electron chi connectivity index (χ1n) is 6.91. The van der Waals surface area contributed by atoms with Crippen molar-refractivity contribution in [3.05, 3.63) is 68.7 Å². The maximum atomic E-state index is 11.7. The van der Waals surface area contributed by atoms with Crippen LogP contribution < -0.4 is 5.32 Å². The first kappa shape index (κ1) is 17.4. The van der Waals surface area contributed by atoms with E-state index >= 15 is 0 Å². The number of non-ortho nitro benzene ring substituents is 1. The average molecular weight is 348 g/mol. The second-order valence-corrected chi connectivity index (χ2v) is 5.30. The summed E-state index contributed by atoms with van der Waals surface area (Å²) in [6, 6.07) is 11.1. The summed E-state index contributed by atoms with van der Waals surface area (Å²) in [6.07, 6.45) is 1.29. The Balaban J connectivity index is 1.86. The average Bonchev–Trinajstić information content (AvgIpc) is 2.54. The lowest BCUT2D eigenvalue weighted by molar-refractivity contribution is -0.384. The monoisotopic (exact) mass is 347 g/mol. The molecule has 24 heavy (non-hydrogen) atoms. The molecular formula is C16H14ClN3O4. The predicted octanol–water partition coefficient (Wildman–Crippen LogP) is 3.55. The number of hydrogen-bond acceptors (Lipinski definition) is 5. The fourth-order valence-electron chi connectivity index (χ4n) is 1.82. The van der Waals surface area contributed by atoms with Crippen LogP contribution >= 0.6 is 11.6 Å². The number of nitrogens with one attached hydrogen (secondary N) is 1. The van der Waals surface area contributed by atoms with Crippen LogP contribution in [0.1, 0.15) is 11.1 Å². The Bertz CT molecular complexity index is 793. The molecule has 7 nitrogen and oxygen atoms in total. The molecule has 0 aliphatic carbocycles. The minimum absolute atomic E-state index is 0.0503. The zero-order chi connectivity index (χ0) is 17.5. The molecule has 1 N–H and O–H groups in total. The van der Waals surface area contributed by atoms with Crippen LogP contribution in [-0.2, 0) is 9.63 Å². The van der Waals surface area contributed by atoms with E-state index in [4.69, 9.17) is 16.4 Å². The van der Waals surface area contributed by atoms with Gasteiger partial charge in [0, 0.05) is 17.7 Å². The summed E-state index contributed by atoms with van der Waals surface area (Å²) in [5, 5.41) is 17.3. The van der Waals surface area contributed by atoms with Gasteiger partial charge in [-0.05, 0) is 24.6 Å². The van der Waals surface area contributed by atoms with Gasteiger partial charge in [0.25, 0.3) is 11.6 Å². The van der Waals surface area contributed by atoms with Gasteiger partial charge in [-0.3, -0.25) is 14.9 Å². The van der Waals surface area contributed by atoms with Crippen LogP contribution in [0.2, 0.25) is 5.02 Å². The number of nitrogens with zero attached hydrogens (tertiary/aromatic N) is 2. The number of oxime groups is 1. The van der Waals surface area contributed by atoms with E-state index in [1.165, 1.54) is 24.4 Å². The number of carbonyl (C=O) groups excluding carboxylic acids is 1. The normalized spacial score (nSPS) is 10.6. The van der Waals surface area contributed by atoms with Crippen molar-refractivity contribution in [1.29, 1.82) is 0 Å². The molecule has 8 heteroatoms. The summed E-state index contributed by atoms with van der Waals surface area (Å²) in [5.74, 6) is -0.419. The van der Waals surface area contributed by atoms with E-state index in [-0.39, 0.29) is 12.3 Å². The van der Waals surface area contributed by atoms with Crippen LogP contribution in [0.4, 0.5) is 11.4 Å². The number of nitro benzene ring substituents is 1. The van der Waals surface area contributed by atoms with Crippen LogP contribution in [0.5, 0.6) is 0 Å². The van der Waals surface area contributed by atoms with Crippen LogP contribution in [-0.4, -0.2) is 23.7 Å². The molecule has 1 amide bonds. The fourth-order valence-corrected chi connectivity index (χ4v) is 2.10. The summed E-state index contributed by atoms with van der Waals surface area (Å²) < 4.78 is 0. The van der Waals surface area contributed by atoms with Crippen molar-refractivity contribution in [2.45, 2.75) is 6.92 Å². The second kappa shape index (κ2) is 8.07. The third kappa shape index (κ3) is 5.06. The van der Waals surface area contributed by atoms with E-state index in [0.29, 0.717) is 16.3 Å². The topological polar surface area (TPSA) is 93.8 Å². The maximum Gasteiger partial charge on any atom is 0.270 e. The summed E-state index contributed by atoms with van der Waals surface area (Å²) in [4.78, 5) is 26.8. The van der Waals surface area contributed by atoms with Crippen LogP contribution in [0.25, 0.3) is 0 Å². The highest BCUT2D eigenvalue weighted by atomic mass is 35.5. The third-order valence-corrected chi connectivity index (χ3v) is 3.26. The van der Waals surface area contributed by atoms with Crippen LogP contribution in [0.3, 0.4) is 0 Å². The molecule has 2 aromatic carbocycles. The van der Waals surface area contributed by atoms with Gasteiger partial charge < -0.3 is 10.2 Å². The lowest BCUT2D eigenvalue weighted by atomic mass is 10.2. The highest BCUT2D eigenvalue weighted by molar-refractivity contribution is 6.33. The molecule has 0 aromatic heterocycles. The number of rotatable bonds is 6. The molecule has 0 unspecified atom stereocenters. The molecule has 0 spiro atoms. The predicted molar refractivity (Wildman–Crippen MR) is 91.5 cm³/mol. The number of halogens is 1. The number of benzene rings is 2. The van der Waals surface area contributed by atoms with Crippen LogP contribution in [0.15, 0.2) is 47.6 Å². The molecule has 0 fully saturated rings. The van der Waals surface area contributed by atoms with Gasteiger partial charge in [0.05, 0.1) is 21.8 Å². The highest BCUT2D eigenvalue weighted by Gasteiger charge is 2.07. The molecule has 0 aliphatic heterocycles. The first-order chi connectivity index (χ1) is 11.5. The quantitative estimate of drug-likeness (QED) is 0.491. The van der Waals surface area contributed by atoms with E-state index < -0.39 is 10.8 Å². The van der Waals surface area contributed by atoms with Gasteiger partial charge in [-0.1, -0.05) is 35.0 Å². The van der Waals surface area contributed by atoms with Crippen molar-refractivity contribution in [3.63, 3.8) is 0 Å². The number of nitro groups is 1. The van der Waals surface area contributed by atoms with Gasteiger partial charge in [-0.2, -0.15) is 0 Å². The van der Waals surface area contributed by atoms with Gasteiger partial charge in [-0.25, -0.2) is 0 Å². The Morgan fingerprint density at radius 1 is 1.38 bits per heavy atom. The van der Waals surface area contributed by atoms with E-state index in [1.807, 2.05) is 13.0 Å². The van der Waals surface area contributed by atoms with Gasteiger partial charge in [0.15, 0.2) is 6.61 Å². The molecule has 0 radical (unpaired) electrons. The molecule has 0 heterocycles. The Labute approximate surface area is 143 Å². The lowest BCUT2D eigenvalue weighted by Gasteiger charge is -2.07. The van der Waals surface area contributed by atoms with Crippen molar-refractivity contribution in [1.82, 2.24) is 0 Å². The largest absolute Gasteiger partial charge is 0.386 e. The molecule has 2 rings (SSSR count). The maximum absolute atomic E-state index is 11.7. The van der Waals surface area contributed by atoms with Crippen molar-refractivity contribution >= 4 is 35.1 Å². The smallest absolute Gasteiger partial charge is 0.270 e. The van der Waals surface area contributed by atoms with Gasteiger partial charge >= 0.3 is 0 Å². The second-order valence-electron chi connectivity index (χ2n) is 4.89. The Morgan fingerprint density at radius 3 is 2.88 bits per heavy atom. The van der Waals surface area contributed by atoms with E-state index in [2.05, 4.69) is 10.5 Å². The van der Waals surface area contributed by atoms with Crippen molar-refractivity contribution in [3.8, 4) is 0 Å². The Hall–Kier alpha value is -2.93. The van der Waals surface area contributed by atoms with Gasteiger partial charge in [0.1, 0.15) is 0 Å². The van der Waals surface area contributed by atoms with Crippen molar-refractivity contribution in [2.24, 2.45) is 5.16 Å². The Morgan fingerprint density at radius 2 is 2.17 bits per heavy atom. The molecule has 0 saturated carbocycles. The number of carbonyl (C=O) groups is 1. The molecule has 0 atom stereocenters. The van der Waals surface area contributed by atoms with Gasteiger partial charge in [0.2, 0.25) is 0 Å². The van der Waals surface area contributed by atoms with Crippen LogP contribution in [0, 0.1) is 17.0 Å². The van der Waals surface area contributed by atoms with E-state index in [9.17, 15) is 14.9 Å². The number of hydrogen-bond donors (Lipinski definition) is 1. The zero-order valence-electron chi connectivity index (χ0n) is 12.7. The molecule has 124 valence electrons. The lowest BCUT2D eigenvalue weighted by Crippen LogP contribution is -2.17. The highest BCUT2D eigenvalue weighted by Crippen LogP contribution is 2.22.